The van der Waals surface area contributed by atoms with Crippen molar-refractivity contribution in [2.45, 2.75) is 25.3 Å². The Morgan fingerprint density at radius 1 is 1.53 bits per heavy atom. The maximum atomic E-state index is 11.1. The van der Waals surface area contributed by atoms with Crippen molar-refractivity contribution in [1.82, 2.24) is 15.3 Å². The highest BCUT2D eigenvalue weighted by Crippen LogP contribution is 2.11. The van der Waals surface area contributed by atoms with Crippen LogP contribution in [0.5, 0.6) is 0 Å². The molecular formula is C11H17N5O. The predicted octanol–water partition coefficient (Wildman–Crippen LogP) is 0.129. The molecule has 0 aliphatic carbocycles. The lowest BCUT2D eigenvalue weighted by molar-refractivity contribution is 0.0996. The van der Waals surface area contributed by atoms with Gasteiger partial charge in [0.2, 0.25) is 0 Å². The molecule has 0 aromatic carbocycles. The van der Waals surface area contributed by atoms with Gasteiger partial charge in [0.15, 0.2) is 11.5 Å². The monoisotopic (exact) mass is 235 g/mol. The van der Waals surface area contributed by atoms with Gasteiger partial charge in [0, 0.05) is 25.0 Å². The van der Waals surface area contributed by atoms with Crippen LogP contribution in [0.4, 0.5) is 5.82 Å². The zero-order valence-corrected chi connectivity index (χ0v) is 9.65. The zero-order chi connectivity index (χ0) is 12.1. The fraction of sp³-hybridized carbons (Fsp3) is 0.545. The number of anilines is 1. The number of nitrogens with one attached hydrogen (secondary N) is 2. The van der Waals surface area contributed by atoms with Crippen molar-refractivity contribution < 1.29 is 4.79 Å². The summed E-state index contributed by atoms with van der Waals surface area (Å²) in [4.78, 5) is 19.1. The Balaban J connectivity index is 1.87. The summed E-state index contributed by atoms with van der Waals surface area (Å²) in [5, 5.41) is 6.52. The molecule has 1 aromatic rings. The smallest absolute Gasteiger partial charge is 0.271 e. The highest BCUT2D eigenvalue weighted by atomic mass is 16.1. The number of carbonyl (C=O) groups excluding carboxylic acids is 1. The first-order valence-electron chi connectivity index (χ1n) is 5.85. The van der Waals surface area contributed by atoms with Gasteiger partial charge in [-0.2, -0.15) is 0 Å². The molecule has 1 aromatic heterocycles. The Bertz CT molecular complexity index is 389. The molecule has 17 heavy (non-hydrogen) atoms. The van der Waals surface area contributed by atoms with E-state index in [1.807, 2.05) is 0 Å². The van der Waals surface area contributed by atoms with Crippen LogP contribution in [-0.4, -0.2) is 35.0 Å². The summed E-state index contributed by atoms with van der Waals surface area (Å²) < 4.78 is 0. The number of nitrogens with zero attached hydrogens (tertiary/aromatic N) is 2. The molecule has 6 heteroatoms. The number of aromatic nitrogens is 2. The van der Waals surface area contributed by atoms with Gasteiger partial charge >= 0.3 is 0 Å². The summed E-state index contributed by atoms with van der Waals surface area (Å²) >= 11 is 0. The Hall–Kier alpha value is -1.69. The molecule has 0 radical (unpaired) electrons. The quantitative estimate of drug-likeness (QED) is 0.674. The van der Waals surface area contributed by atoms with E-state index in [0.717, 1.165) is 19.5 Å². The number of amides is 1. The summed E-state index contributed by atoms with van der Waals surface area (Å²) in [6, 6.07) is 0.566. The topological polar surface area (TPSA) is 92.9 Å². The van der Waals surface area contributed by atoms with Gasteiger partial charge in [-0.1, -0.05) is 0 Å². The first kappa shape index (κ1) is 11.8. The van der Waals surface area contributed by atoms with Crippen molar-refractivity contribution in [1.29, 1.82) is 0 Å². The third-order valence-electron chi connectivity index (χ3n) is 2.88. The molecule has 4 N–H and O–H groups in total. The molecule has 1 fully saturated rings. The lowest BCUT2D eigenvalue weighted by Crippen LogP contribution is -2.25. The molecule has 1 aliphatic rings. The number of nitrogens with two attached hydrogens (primary N) is 1. The van der Waals surface area contributed by atoms with Crippen LogP contribution in [0.25, 0.3) is 0 Å². The second-order valence-electron chi connectivity index (χ2n) is 4.13. The van der Waals surface area contributed by atoms with Gasteiger partial charge < -0.3 is 16.4 Å². The van der Waals surface area contributed by atoms with E-state index < -0.39 is 5.91 Å². The fourth-order valence-corrected chi connectivity index (χ4v) is 2.02. The van der Waals surface area contributed by atoms with Gasteiger partial charge in [0.1, 0.15) is 0 Å². The minimum absolute atomic E-state index is 0.201. The van der Waals surface area contributed by atoms with Crippen LogP contribution in [0.1, 0.15) is 29.8 Å². The number of primary amides is 1. The Kier molecular flexibility index (Phi) is 3.87. The van der Waals surface area contributed by atoms with Gasteiger partial charge in [-0.15, -0.1) is 0 Å². The summed E-state index contributed by atoms with van der Waals surface area (Å²) in [5.74, 6) is -0.0856. The Labute approximate surface area is 100 Å². The summed E-state index contributed by atoms with van der Waals surface area (Å²) in [7, 11) is 0. The second kappa shape index (κ2) is 5.58. The van der Waals surface area contributed by atoms with Crippen molar-refractivity contribution in [2.75, 3.05) is 18.4 Å². The fourth-order valence-electron chi connectivity index (χ4n) is 2.02. The largest absolute Gasteiger partial charge is 0.368 e. The van der Waals surface area contributed by atoms with Crippen LogP contribution in [0.3, 0.4) is 0 Å². The molecular weight excluding hydrogens is 218 g/mol. The number of carbonyl (C=O) groups is 1. The normalized spacial score (nSPS) is 19.2. The molecule has 1 unspecified atom stereocenters. The second-order valence-corrected chi connectivity index (χ2v) is 4.13. The molecule has 6 nitrogen and oxygen atoms in total. The lowest BCUT2D eigenvalue weighted by Gasteiger charge is -2.11. The number of rotatable bonds is 5. The van der Waals surface area contributed by atoms with E-state index in [1.165, 1.54) is 19.0 Å². The maximum Gasteiger partial charge on any atom is 0.271 e. The van der Waals surface area contributed by atoms with Gasteiger partial charge in [-0.05, 0) is 25.8 Å². The van der Waals surface area contributed by atoms with Crippen molar-refractivity contribution in [3.05, 3.63) is 18.1 Å². The first-order chi connectivity index (χ1) is 8.27. The van der Waals surface area contributed by atoms with E-state index in [0.29, 0.717) is 11.9 Å². The van der Waals surface area contributed by atoms with Crippen LogP contribution in [-0.2, 0) is 0 Å². The minimum atomic E-state index is -0.556. The molecule has 0 saturated carbocycles. The van der Waals surface area contributed by atoms with E-state index in [9.17, 15) is 4.79 Å². The van der Waals surface area contributed by atoms with E-state index >= 15 is 0 Å². The lowest BCUT2D eigenvalue weighted by atomic mass is 10.1. The number of hydrogen-bond donors (Lipinski definition) is 3. The van der Waals surface area contributed by atoms with Gasteiger partial charge in [-0.3, -0.25) is 4.79 Å². The van der Waals surface area contributed by atoms with Crippen molar-refractivity contribution in [3.8, 4) is 0 Å². The van der Waals surface area contributed by atoms with E-state index in [2.05, 4.69) is 20.6 Å². The summed E-state index contributed by atoms with van der Waals surface area (Å²) in [5.41, 5.74) is 5.42. The van der Waals surface area contributed by atoms with E-state index in [4.69, 9.17) is 5.73 Å². The van der Waals surface area contributed by atoms with E-state index in [1.54, 1.807) is 6.20 Å². The van der Waals surface area contributed by atoms with Crippen LogP contribution < -0.4 is 16.4 Å². The SMILES string of the molecule is NC(=O)c1nccnc1NCCC1CCCN1. The van der Waals surface area contributed by atoms with Crippen LogP contribution >= 0.6 is 0 Å². The van der Waals surface area contributed by atoms with Crippen LogP contribution in [0.2, 0.25) is 0 Å². The molecule has 1 aliphatic heterocycles. The minimum Gasteiger partial charge on any atom is -0.368 e. The van der Waals surface area contributed by atoms with Crippen molar-refractivity contribution >= 4 is 11.7 Å². The van der Waals surface area contributed by atoms with Gasteiger partial charge in [0.05, 0.1) is 0 Å². The Morgan fingerprint density at radius 3 is 3.06 bits per heavy atom. The standard InChI is InChI=1S/C11H17N5O/c12-10(17)9-11(16-7-6-14-9)15-5-3-8-2-1-4-13-8/h6-8,13H,1-5H2,(H2,12,17)(H,15,16). The van der Waals surface area contributed by atoms with E-state index in [-0.39, 0.29) is 5.69 Å². The molecule has 1 atom stereocenters. The molecule has 0 spiro atoms. The van der Waals surface area contributed by atoms with Crippen LogP contribution in [0, 0.1) is 0 Å². The average Bonchev–Trinajstić information content (AvgIpc) is 2.82. The maximum absolute atomic E-state index is 11.1. The van der Waals surface area contributed by atoms with Crippen LogP contribution in [0.15, 0.2) is 12.4 Å². The van der Waals surface area contributed by atoms with Gasteiger partial charge in [0.25, 0.3) is 5.91 Å². The molecule has 1 amide bonds. The Morgan fingerprint density at radius 2 is 2.35 bits per heavy atom. The molecule has 0 bridgehead atoms. The van der Waals surface area contributed by atoms with Gasteiger partial charge in [-0.25, -0.2) is 9.97 Å². The zero-order valence-electron chi connectivity index (χ0n) is 9.65. The summed E-state index contributed by atoms with van der Waals surface area (Å²) in [6.45, 7) is 1.86. The third-order valence-corrected chi connectivity index (χ3v) is 2.88. The average molecular weight is 235 g/mol. The summed E-state index contributed by atoms with van der Waals surface area (Å²) in [6.07, 6.45) is 6.47. The highest BCUT2D eigenvalue weighted by Gasteiger charge is 2.14. The third kappa shape index (κ3) is 3.13. The van der Waals surface area contributed by atoms with Crippen molar-refractivity contribution in [2.24, 2.45) is 5.73 Å². The molecule has 2 rings (SSSR count). The number of hydrogen-bond acceptors (Lipinski definition) is 5. The molecule has 1 saturated heterocycles. The predicted molar refractivity (Wildman–Crippen MR) is 64.7 cm³/mol. The van der Waals surface area contributed by atoms with Crippen molar-refractivity contribution in [3.63, 3.8) is 0 Å². The molecule has 2 heterocycles. The first-order valence-corrected chi connectivity index (χ1v) is 5.85. The molecule has 92 valence electrons. The highest BCUT2D eigenvalue weighted by molar-refractivity contribution is 5.95.